The normalized spacial score (nSPS) is 11.6. The largest absolute Gasteiger partial charge is 0.446 e. The van der Waals surface area contributed by atoms with Crippen LogP contribution in [0.4, 0.5) is 13.2 Å². The minimum Gasteiger partial charge on any atom is -0.298 e. The quantitative estimate of drug-likeness (QED) is 0.431. The van der Waals surface area contributed by atoms with Gasteiger partial charge < -0.3 is 0 Å². The lowest BCUT2D eigenvalue weighted by atomic mass is 10.1. The zero-order valence-electron chi connectivity index (χ0n) is 8.35. The van der Waals surface area contributed by atoms with Gasteiger partial charge in [-0.2, -0.15) is 13.2 Å². The van der Waals surface area contributed by atoms with Gasteiger partial charge in [-0.3, -0.25) is 4.79 Å². The van der Waals surface area contributed by atoms with Crippen LogP contribution in [0.3, 0.4) is 0 Å². The molecule has 0 saturated heterocycles. The Bertz CT molecular complexity index is 423. The van der Waals surface area contributed by atoms with Gasteiger partial charge in [0.05, 0.1) is 5.88 Å². The van der Waals surface area contributed by atoms with E-state index in [4.69, 9.17) is 11.6 Å². The van der Waals surface area contributed by atoms with Crippen molar-refractivity contribution in [2.45, 2.75) is 16.8 Å². The Hall–Kier alpha value is 0.0500. The van der Waals surface area contributed by atoms with Crippen LogP contribution in [0.2, 0.25) is 0 Å². The first-order valence-corrected chi connectivity index (χ1v) is 6.87. The number of rotatable bonds is 4. The van der Waals surface area contributed by atoms with E-state index in [1.54, 1.807) is 6.07 Å². The van der Waals surface area contributed by atoms with E-state index >= 15 is 0 Å². The molecule has 0 spiro atoms. The molecule has 0 aliphatic rings. The van der Waals surface area contributed by atoms with E-state index in [0.717, 1.165) is 0 Å². The third-order valence-corrected chi connectivity index (χ3v) is 3.97. The van der Waals surface area contributed by atoms with E-state index in [1.165, 1.54) is 12.1 Å². The second-order valence-corrected chi connectivity index (χ2v) is 5.65. The maximum Gasteiger partial charge on any atom is 0.446 e. The van der Waals surface area contributed by atoms with Crippen LogP contribution in [0.1, 0.15) is 5.56 Å². The second kappa shape index (κ2) is 6.29. The van der Waals surface area contributed by atoms with Crippen LogP contribution in [0, 0.1) is 3.57 Å². The van der Waals surface area contributed by atoms with E-state index in [9.17, 15) is 18.0 Å². The Morgan fingerprint density at radius 3 is 2.59 bits per heavy atom. The van der Waals surface area contributed by atoms with E-state index in [1.807, 2.05) is 22.6 Å². The monoisotopic (exact) mass is 394 g/mol. The number of Topliss-reactive ketones (excluding diaryl/α,β-unsaturated/α-hetero) is 1. The predicted molar refractivity (Wildman–Crippen MR) is 70.5 cm³/mol. The van der Waals surface area contributed by atoms with Crippen molar-refractivity contribution in [1.82, 2.24) is 0 Å². The predicted octanol–water partition coefficient (Wildman–Crippen LogP) is 4.25. The standard InChI is InChI=1S/C10H7ClF3IOS/c11-5-6(16)4-7-8(15)2-1-3-9(7)17-10(12,13)14/h1-3H,4-5H2. The van der Waals surface area contributed by atoms with Crippen LogP contribution in [0.25, 0.3) is 0 Å². The lowest BCUT2D eigenvalue weighted by Crippen LogP contribution is -2.08. The average molecular weight is 395 g/mol. The highest BCUT2D eigenvalue weighted by Gasteiger charge is 2.30. The zero-order valence-corrected chi connectivity index (χ0v) is 12.1. The number of benzene rings is 1. The summed E-state index contributed by atoms with van der Waals surface area (Å²) in [4.78, 5) is 11.3. The molecule has 0 aliphatic carbocycles. The Labute approximate surface area is 119 Å². The Balaban J connectivity index is 3.04. The molecule has 17 heavy (non-hydrogen) atoms. The summed E-state index contributed by atoms with van der Waals surface area (Å²) in [6.07, 6.45) is -0.0684. The molecule has 0 aromatic heterocycles. The van der Waals surface area contributed by atoms with E-state index in [2.05, 4.69) is 0 Å². The summed E-state index contributed by atoms with van der Waals surface area (Å²) >= 11 is 7.06. The van der Waals surface area contributed by atoms with Gasteiger partial charge in [0, 0.05) is 14.9 Å². The number of ketones is 1. The highest BCUT2D eigenvalue weighted by molar-refractivity contribution is 14.1. The van der Waals surface area contributed by atoms with Crippen molar-refractivity contribution in [2.75, 3.05) is 5.88 Å². The SMILES string of the molecule is O=C(CCl)Cc1c(I)cccc1SC(F)(F)F. The second-order valence-electron chi connectivity index (χ2n) is 3.11. The highest BCUT2D eigenvalue weighted by atomic mass is 127. The summed E-state index contributed by atoms with van der Waals surface area (Å²) in [7, 11) is 0. The number of thioether (sulfide) groups is 1. The van der Waals surface area contributed by atoms with Crippen LogP contribution >= 0.6 is 46.0 Å². The van der Waals surface area contributed by atoms with Crippen LogP contribution in [0.5, 0.6) is 0 Å². The smallest absolute Gasteiger partial charge is 0.298 e. The molecule has 94 valence electrons. The summed E-state index contributed by atoms with van der Waals surface area (Å²) in [6.45, 7) is 0. The summed E-state index contributed by atoms with van der Waals surface area (Å²) < 4.78 is 37.6. The molecule has 7 heteroatoms. The van der Waals surface area contributed by atoms with Gasteiger partial charge in [-0.15, -0.1) is 11.6 Å². The van der Waals surface area contributed by atoms with Gasteiger partial charge in [-0.25, -0.2) is 0 Å². The van der Waals surface area contributed by atoms with Crippen LogP contribution < -0.4 is 0 Å². The molecule has 0 unspecified atom stereocenters. The topological polar surface area (TPSA) is 17.1 Å². The molecule has 1 nitrogen and oxygen atoms in total. The molecule has 0 aliphatic heterocycles. The molecular formula is C10H7ClF3IOS. The average Bonchev–Trinajstić information content (AvgIpc) is 2.20. The first-order valence-electron chi connectivity index (χ1n) is 4.44. The van der Waals surface area contributed by atoms with Crippen LogP contribution in [-0.2, 0) is 11.2 Å². The molecule has 0 N–H and O–H groups in total. The van der Waals surface area contributed by atoms with Gasteiger partial charge in [0.15, 0.2) is 5.78 Å². The maximum atomic E-state index is 12.3. The number of hydrogen-bond donors (Lipinski definition) is 0. The van der Waals surface area contributed by atoms with Gasteiger partial charge in [0.1, 0.15) is 0 Å². The van der Waals surface area contributed by atoms with Crippen molar-refractivity contribution in [3.63, 3.8) is 0 Å². The van der Waals surface area contributed by atoms with Crippen molar-refractivity contribution in [3.8, 4) is 0 Å². The first-order chi connectivity index (χ1) is 7.83. The third kappa shape index (κ3) is 5.05. The molecule has 1 aromatic carbocycles. The van der Waals surface area contributed by atoms with Gasteiger partial charge in [-0.05, 0) is 52.0 Å². The Morgan fingerprint density at radius 2 is 2.06 bits per heavy atom. The lowest BCUT2D eigenvalue weighted by molar-refractivity contribution is -0.116. The molecule has 0 fully saturated rings. The number of halogens is 5. The van der Waals surface area contributed by atoms with Gasteiger partial charge >= 0.3 is 5.51 Å². The number of carbonyl (C=O) groups excluding carboxylic acids is 1. The maximum absolute atomic E-state index is 12.3. The van der Waals surface area contributed by atoms with Crippen molar-refractivity contribution >= 4 is 51.7 Å². The fourth-order valence-corrected chi connectivity index (χ4v) is 2.84. The summed E-state index contributed by atoms with van der Waals surface area (Å²) in [5.74, 6) is -0.485. The minimum atomic E-state index is -4.36. The van der Waals surface area contributed by atoms with Crippen LogP contribution in [-0.4, -0.2) is 17.2 Å². The van der Waals surface area contributed by atoms with Gasteiger partial charge in [0.2, 0.25) is 0 Å². The molecule has 1 rings (SSSR count). The highest BCUT2D eigenvalue weighted by Crippen LogP contribution is 2.39. The lowest BCUT2D eigenvalue weighted by Gasteiger charge is -2.11. The number of hydrogen-bond acceptors (Lipinski definition) is 2. The number of alkyl halides is 4. The molecule has 0 amide bonds. The summed E-state index contributed by atoms with van der Waals surface area (Å²) in [6, 6.07) is 4.56. The van der Waals surface area contributed by atoms with Crippen molar-refractivity contribution in [1.29, 1.82) is 0 Å². The van der Waals surface area contributed by atoms with Gasteiger partial charge in [0.25, 0.3) is 0 Å². The number of carbonyl (C=O) groups is 1. The minimum absolute atomic E-state index is 0.0582. The molecule has 0 saturated carbocycles. The molecule has 0 heterocycles. The first kappa shape index (κ1) is 15.1. The van der Waals surface area contributed by atoms with E-state index in [-0.39, 0.29) is 34.7 Å². The zero-order chi connectivity index (χ0) is 13.1. The summed E-state index contributed by atoms with van der Waals surface area (Å²) in [5.41, 5.74) is -3.97. The van der Waals surface area contributed by atoms with Crippen molar-refractivity contribution < 1.29 is 18.0 Å². The van der Waals surface area contributed by atoms with Crippen LogP contribution in [0.15, 0.2) is 23.1 Å². The fraction of sp³-hybridized carbons (Fsp3) is 0.300. The molecular weight excluding hydrogens is 388 g/mol. The fourth-order valence-electron chi connectivity index (χ4n) is 1.18. The van der Waals surface area contributed by atoms with Gasteiger partial charge in [-0.1, -0.05) is 6.07 Å². The molecule has 1 aromatic rings. The summed E-state index contributed by atoms with van der Waals surface area (Å²) in [5, 5.41) is 0. The molecule has 0 atom stereocenters. The molecule has 0 bridgehead atoms. The van der Waals surface area contributed by atoms with E-state index < -0.39 is 5.51 Å². The Morgan fingerprint density at radius 1 is 1.41 bits per heavy atom. The Kier molecular flexibility index (Phi) is 5.59. The third-order valence-electron chi connectivity index (χ3n) is 1.82. The van der Waals surface area contributed by atoms with E-state index in [0.29, 0.717) is 9.13 Å². The van der Waals surface area contributed by atoms with Crippen molar-refractivity contribution in [3.05, 3.63) is 27.3 Å². The van der Waals surface area contributed by atoms with Crippen molar-refractivity contribution in [2.24, 2.45) is 0 Å². The molecule has 0 radical (unpaired) electrons.